The zero-order valence-corrected chi connectivity index (χ0v) is 10.9. The number of hydrogen-bond donors (Lipinski definition) is 1. The molecule has 1 aromatic heterocycles. The Hall–Kier alpha value is -1.16. The molecule has 1 aromatic rings. The minimum Gasteiger partial charge on any atom is -0.315 e. The highest BCUT2D eigenvalue weighted by atomic mass is 16.1. The third-order valence-electron chi connectivity index (χ3n) is 2.71. The first-order chi connectivity index (χ1) is 8.24. The normalized spacial score (nSPS) is 10.7. The number of nitrogens with zero attached hydrogens (tertiary/aromatic N) is 2. The third kappa shape index (κ3) is 5.63. The molecule has 96 valence electrons. The molecule has 0 saturated heterocycles. The van der Waals surface area contributed by atoms with Crippen molar-refractivity contribution in [3.05, 3.63) is 28.2 Å². The summed E-state index contributed by atoms with van der Waals surface area (Å²) in [7, 11) is 0. The van der Waals surface area contributed by atoms with Gasteiger partial charge in [-0.3, -0.25) is 4.79 Å². The lowest BCUT2D eigenvalue weighted by Crippen LogP contribution is -2.29. The Morgan fingerprint density at radius 3 is 2.82 bits per heavy atom. The second kappa shape index (κ2) is 8.01. The van der Waals surface area contributed by atoms with Gasteiger partial charge in [0, 0.05) is 12.6 Å². The van der Waals surface area contributed by atoms with Crippen molar-refractivity contribution in [2.45, 2.75) is 46.1 Å². The van der Waals surface area contributed by atoms with Gasteiger partial charge in [-0.15, -0.1) is 0 Å². The summed E-state index contributed by atoms with van der Waals surface area (Å²) < 4.78 is 1.51. The standard InChI is InChI=1S/C13H23N3O/c1-3-4-5-6-7-14-8-9-16-13(17)10-12(2)11-15-16/h10-11,14H,3-9H2,1-2H3. The third-order valence-corrected chi connectivity index (χ3v) is 2.71. The fraction of sp³-hybridized carbons (Fsp3) is 0.692. The molecule has 0 aliphatic carbocycles. The second-order valence-electron chi connectivity index (χ2n) is 4.40. The molecule has 0 bridgehead atoms. The fourth-order valence-electron chi connectivity index (χ4n) is 1.68. The van der Waals surface area contributed by atoms with Crippen molar-refractivity contribution in [2.75, 3.05) is 13.1 Å². The van der Waals surface area contributed by atoms with Crippen LogP contribution in [0.3, 0.4) is 0 Å². The lowest BCUT2D eigenvalue weighted by Gasteiger charge is -2.06. The molecule has 1 rings (SSSR count). The van der Waals surface area contributed by atoms with E-state index < -0.39 is 0 Å². The van der Waals surface area contributed by atoms with Gasteiger partial charge in [0.25, 0.3) is 5.56 Å². The first kappa shape index (κ1) is 13.9. The van der Waals surface area contributed by atoms with Crippen LogP contribution < -0.4 is 10.9 Å². The van der Waals surface area contributed by atoms with Crippen LogP contribution in [0.1, 0.15) is 38.2 Å². The van der Waals surface area contributed by atoms with Crippen LogP contribution in [0.2, 0.25) is 0 Å². The molecule has 0 aliphatic rings. The summed E-state index contributed by atoms with van der Waals surface area (Å²) in [5, 5.41) is 7.42. The molecule has 0 radical (unpaired) electrons. The summed E-state index contributed by atoms with van der Waals surface area (Å²) in [6.45, 7) is 6.57. The van der Waals surface area contributed by atoms with Crippen LogP contribution in [0.15, 0.2) is 17.1 Å². The molecule has 0 spiro atoms. The van der Waals surface area contributed by atoms with Crippen molar-refractivity contribution in [1.29, 1.82) is 0 Å². The fourth-order valence-corrected chi connectivity index (χ4v) is 1.68. The molecule has 1 heterocycles. The van der Waals surface area contributed by atoms with Gasteiger partial charge in [-0.25, -0.2) is 4.68 Å². The van der Waals surface area contributed by atoms with Gasteiger partial charge in [0.05, 0.1) is 12.7 Å². The Bertz CT molecular complexity index is 373. The minimum atomic E-state index is -0.0159. The number of aromatic nitrogens is 2. The molecule has 0 fully saturated rings. The lowest BCUT2D eigenvalue weighted by atomic mass is 10.2. The summed E-state index contributed by atoms with van der Waals surface area (Å²) in [5.74, 6) is 0. The van der Waals surface area contributed by atoms with E-state index in [9.17, 15) is 4.79 Å². The predicted octanol–water partition coefficient (Wildman–Crippen LogP) is 1.72. The van der Waals surface area contributed by atoms with Crippen molar-refractivity contribution in [3.63, 3.8) is 0 Å². The number of nitrogens with one attached hydrogen (secondary N) is 1. The van der Waals surface area contributed by atoms with Crippen molar-refractivity contribution < 1.29 is 0 Å². The topological polar surface area (TPSA) is 46.9 Å². The van der Waals surface area contributed by atoms with Crippen molar-refractivity contribution in [2.24, 2.45) is 0 Å². The van der Waals surface area contributed by atoms with Crippen LogP contribution in [0.5, 0.6) is 0 Å². The van der Waals surface area contributed by atoms with E-state index in [1.165, 1.54) is 30.4 Å². The monoisotopic (exact) mass is 237 g/mol. The van der Waals surface area contributed by atoms with E-state index in [4.69, 9.17) is 0 Å². The maximum absolute atomic E-state index is 11.5. The molecule has 0 unspecified atom stereocenters. The molecule has 0 atom stereocenters. The van der Waals surface area contributed by atoms with Gasteiger partial charge >= 0.3 is 0 Å². The summed E-state index contributed by atoms with van der Waals surface area (Å²) in [6, 6.07) is 1.62. The van der Waals surface area contributed by atoms with Crippen molar-refractivity contribution in [1.82, 2.24) is 15.1 Å². The van der Waals surface area contributed by atoms with Gasteiger partial charge in [-0.05, 0) is 25.5 Å². The predicted molar refractivity (Wildman–Crippen MR) is 70.2 cm³/mol. The minimum absolute atomic E-state index is 0.0159. The van der Waals surface area contributed by atoms with Crippen LogP contribution in [0.4, 0.5) is 0 Å². The van der Waals surface area contributed by atoms with Crippen LogP contribution >= 0.6 is 0 Å². The van der Waals surface area contributed by atoms with Crippen LogP contribution in [-0.4, -0.2) is 22.9 Å². The maximum atomic E-state index is 11.5. The average molecular weight is 237 g/mol. The molecule has 4 heteroatoms. The highest BCUT2D eigenvalue weighted by molar-refractivity contribution is 5.02. The smallest absolute Gasteiger partial charge is 0.267 e. The van der Waals surface area contributed by atoms with Gasteiger partial charge in [0.2, 0.25) is 0 Å². The SMILES string of the molecule is CCCCCCNCCn1ncc(C)cc1=O. The molecule has 17 heavy (non-hydrogen) atoms. The number of unbranched alkanes of at least 4 members (excludes halogenated alkanes) is 3. The Labute approximate surface area is 103 Å². The van der Waals surface area contributed by atoms with E-state index in [-0.39, 0.29) is 5.56 Å². The van der Waals surface area contributed by atoms with Crippen molar-refractivity contribution >= 4 is 0 Å². The van der Waals surface area contributed by atoms with E-state index in [1.54, 1.807) is 12.3 Å². The zero-order chi connectivity index (χ0) is 12.5. The Kier molecular flexibility index (Phi) is 6.55. The first-order valence-corrected chi connectivity index (χ1v) is 6.48. The average Bonchev–Trinajstić information content (AvgIpc) is 2.30. The molecule has 1 N–H and O–H groups in total. The van der Waals surface area contributed by atoms with Gasteiger partial charge in [-0.1, -0.05) is 26.2 Å². The number of aryl methyl sites for hydroxylation is 1. The number of rotatable bonds is 8. The van der Waals surface area contributed by atoms with Crippen LogP contribution in [0, 0.1) is 6.92 Å². The Morgan fingerprint density at radius 1 is 1.29 bits per heavy atom. The van der Waals surface area contributed by atoms with E-state index >= 15 is 0 Å². The Balaban J connectivity index is 2.16. The molecule has 0 aliphatic heterocycles. The Morgan fingerprint density at radius 2 is 2.12 bits per heavy atom. The van der Waals surface area contributed by atoms with E-state index in [0.29, 0.717) is 6.54 Å². The summed E-state index contributed by atoms with van der Waals surface area (Å²) in [6.07, 6.45) is 6.79. The van der Waals surface area contributed by atoms with Gasteiger partial charge < -0.3 is 5.32 Å². The van der Waals surface area contributed by atoms with E-state index in [1.807, 2.05) is 6.92 Å². The molecule has 4 nitrogen and oxygen atoms in total. The van der Waals surface area contributed by atoms with Crippen LogP contribution in [-0.2, 0) is 6.54 Å². The zero-order valence-electron chi connectivity index (χ0n) is 10.9. The van der Waals surface area contributed by atoms with Gasteiger partial charge in [-0.2, -0.15) is 5.10 Å². The summed E-state index contributed by atoms with van der Waals surface area (Å²) in [4.78, 5) is 11.5. The van der Waals surface area contributed by atoms with Gasteiger partial charge in [0.15, 0.2) is 0 Å². The molecule has 0 aromatic carbocycles. The first-order valence-electron chi connectivity index (χ1n) is 6.48. The van der Waals surface area contributed by atoms with E-state index in [2.05, 4.69) is 17.3 Å². The molecule has 0 amide bonds. The van der Waals surface area contributed by atoms with Crippen LogP contribution in [0.25, 0.3) is 0 Å². The number of hydrogen-bond acceptors (Lipinski definition) is 3. The highest BCUT2D eigenvalue weighted by Crippen LogP contribution is 1.96. The summed E-state index contributed by atoms with van der Waals surface area (Å²) in [5.41, 5.74) is 0.900. The second-order valence-corrected chi connectivity index (χ2v) is 4.40. The quantitative estimate of drug-likeness (QED) is 0.700. The largest absolute Gasteiger partial charge is 0.315 e. The molecular formula is C13H23N3O. The maximum Gasteiger partial charge on any atom is 0.267 e. The highest BCUT2D eigenvalue weighted by Gasteiger charge is 1.96. The molecule has 0 saturated carbocycles. The summed E-state index contributed by atoms with van der Waals surface area (Å²) >= 11 is 0. The van der Waals surface area contributed by atoms with Gasteiger partial charge in [0.1, 0.15) is 0 Å². The van der Waals surface area contributed by atoms with Crippen molar-refractivity contribution in [3.8, 4) is 0 Å². The molecular weight excluding hydrogens is 214 g/mol. The lowest BCUT2D eigenvalue weighted by molar-refractivity contribution is 0.517. The van der Waals surface area contributed by atoms with E-state index in [0.717, 1.165) is 18.7 Å².